The molecule has 1 fully saturated rings. The van der Waals surface area contributed by atoms with Gasteiger partial charge in [0.05, 0.1) is 12.2 Å². The second-order valence-corrected chi connectivity index (χ2v) is 4.15. The fourth-order valence-electron chi connectivity index (χ4n) is 1.30. The highest BCUT2D eigenvalue weighted by Crippen LogP contribution is 2.31. The lowest BCUT2D eigenvalue weighted by Crippen LogP contribution is -2.07. The van der Waals surface area contributed by atoms with Crippen molar-refractivity contribution in [2.24, 2.45) is 0 Å². The predicted molar refractivity (Wildman–Crippen MR) is 70.3 cm³/mol. The van der Waals surface area contributed by atoms with E-state index >= 15 is 0 Å². The minimum atomic E-state index is 0.204. The Morgan fingerprint density at radius 1 is 1.29 bits per heavy atom. The lowest BCUT2D eigenvalue weighted by molar-refractivity contribution is -0.107. The Morgan fingerprint density at radius 2 is 1.88 bits per heavy atom. The highest BCUT2D eigenvalue weighted by Gasteiger charge is 2.16. The predicted octanol–water partition coefficient (Wildman–Crippen LogP) is 2.93. The molecule has 92 valence electrons. The van der Waals surface area contributed by atoms with Crippen LogP contribution in [0.4, 0.5) is 5.69 Å². The zero-order chi connectivity index (χ0) is 12.7. The van der Waals surface area contributed by atoms with E-state index in [1.165, 1.54) is 5.69 Å². The average molecular weight is 233 g/mol. The fraction of sp³-hybridized carbons (Fsp3) is 0.357. The van der Waals surface area contributed by atoms with Crippen LogP contribution in [0.15, 0.2) is 41.7 Å². The molecule has 1 aromatic carbocycles. The van der Waals surface area contributed by atoms with Crippen LogP contribution in [0.25, 0.3) is 0 Å². The number of carbonyl (C=O) groups excluding carboxylic acids is 1. The first-order chi connectivity index (χ1) is 8.15. The molecule has 0 amide bonds. The number of rotatable bonds is 3. The van der Waals surface area contributed by atoms with Gasteiger partial charge in [-0.3, -0.25) is 0 Å². The summed E-state index contributed by atoms with van der Waals surface area (Å²) in [5, 5.41) is 8.84. The Bertz CT molecular complexity index is 376. The molecule has 0 saturated heterocycles. The van der Waals surface area contributed by atoms with E-state index in [-0.39, 0.29) is 6.42 Å². The van der Waals surface area contributed by atoms with E-state index < -0.39 is 0 Å². The van der Waals surface area contributed by atoms with Gasteiger partial charge in [-0.25, -0.2) is 0 Å². The molecule has 2 rings (SSSR count). The maximum atomic E-state index is 9.75. The summed E-state index contributed by atoms with van der Waals surface area (Å²) in [7, 11) is 4.07. The van der Waals surface area contributed by atoms with Crippen LogP contribution < -0.4 is 4.90 Å². The van der Waals surface area contributed by atoms with E-state index in [4.69, 9.17) is 5.11 Å². The van der Waals surface area contributed by atoms with Gasteiger partial charge in [0.1, 0.15) is 6.29 Å². The number of hydrogen-bond donors (Lipinski definition) is 1. The minimum Gasteiger partial charge on any atom is -0.512 e. The summed E-state index contributed by atoms with van der Waals surface area (Å²) >= 11 is 0. The van der Waals surface area contributed by atoms with Gasteiger partial charge >= 0.3 is 0 Å². The maximum Gasteiger partial charge on any atom is 0.127 e. The lowest BCUT2D eigenvalue weighted by Gasteiger charge is -2.10. The molecule has 0 spiro atoms. The number of allylic oxidation sites excluding steroid dienone is 2. The van der Waals surface area contributed by atoms with Gasteiger partial charge in [0, 0.05) is 19.8 Å². The molecule has 1 aliphatic rings. The van der Waals surface area contributed by atoms with Crippen molar-refractivity contribution in [1.82, 2.24) is 0 Å². The van der Waals surface area contributed by atoms with E-state index in [0.717, 1.165) is 24.7 Å². The number of para-hydroxylation sites is 1. The Balaban J connectivity index is 0.000000171. The van der Waals surface area contributed by atoms with Gasteiger partial charge in [0.25, 0.3) is 0 Å². The summed E-state index contributed by atoms with van der Waals surface area (Å²) in [5.74, 6) is 0.292. The Labute approximate surface area is 102 Å². The van der Waals surface area contributed by atoms with E-state index in [9.17, 15) is 4.79 Å². The number of carbonyl (C=O) groups is 1. The molecule has 0 unspecified atom stereocenters. The topological polar surface area (TPSA) is 40.5 Å². The summed E-state index contributed by atoms with van der Waals surface area (Å²) in [6, 6.07) is 10.3. The summed E-state index contributed by atoms with van der Waals surface area (Å²) in [6.07, 6.45) is 2.90. The summed E-state index contributed by atoms with van der Waals surface area (Å²) in [6.45, 7) is 0. The summed E-state index contributed by atoms with van der Waals surface area (Å²) < 4.78 is 0. The average Bonchev–Trinajstić information content (AvgIpc) is 3.15. The summed E-state index contributed by atoms with van der Waals surface area (Å²) in [4.78, 5) is 11.8. The maximum absolute atomic E-state index is 9.75. The lowest BCUT2D eigenvalue weighted by atomic mass is 10.3. The van der Waals surface area contributed by atoms with Crippen LogP contribution in [0.1, 0.15) is 19.3 Å². The first-order valence-corrected chi connectivity index (χ1v) is 5.71. The van der Waals surface area contributed by atoms with Crippen molar-refractivity contribution in [2.45, 2.75) is 19.3 Å². The molecule has 0 atom stereocenters. The number of nitrogens with zero attached hydrogens (tertiary/aromatic N) is 1. The van der Waals surface area contributed by atoms with Gasteiger partial charge in [0.15, 0.2) is 0 Å². The molecule has 3 heteroatoms. The molecule has 0 aliphatic heterocycles. The third-order valence-corrected chi connectivity index (χ3v) is 2.46. The standard InChI is InChI=1S/C8H11N.C6H8O2/c1-9(2)8-6-4-3-5-7-8;7-4-3-6(8)5-1-2-5/h3-7H,1-2H3;4,8H,1-3H2. The monoisotopic (exact) mass is 233 g/mol. The van der Waals surface area contributed by atoms with Crippen LogP contribution in [0, 0.1) is 0 Å². The molecular formula is C14H19NO2. The molecule has 0 heterocycles. The van der Waals surface area contributed by atoms with Gasteiger partial charge in [-0.1, -0.05) is 18.2 Å². The van der Waals surface area contributed by atoms with Crippen molar-refractivity contribution in [3.05, 3.63) is 41.7 Å². The third-order valence-electron chi connectivity index (χ3n) is 2.46. The first kappa shape index (κ1) is 13.3. The number of aliphatic hydroxyl groups excluding tert-OH is 1. The quantitative estimate of drug-likeness (QED) is 0.644. The SMILES string of the molecule is CN(C)c1ccccc1.O=CCC(O)=C1CC1. The molecule has 3 nitrogen and oxygen atoms in total. The van der Waals surface area contributed by atoms with Crippen molar-refractivity contribution < 1.29 is 9.90 Å². The van der Waals surface area contributed by atoms with Gasteiger partial charge in [0.2, 0.25) is 0 Å². The van der Waals surface area contributed by atoms with E-state index in [1.54, 1.807) is 0 Å². The van der Waals surface area contributed by atoms with Crippen LogP contribution >= 0.6 is 0 Å². The molecular weight excluding hydrogens is 214 g/mol. The van der Waals surface area contributed by atoms with Crippen LogP contribution in [-0.2, 0) is 4.79 Å². The van der Waals surface area contributed by atoms with E-state index in [2.05, 4.69) is 17.0 Å². The molecule has 0 radical (unpaired) electrons. The molecule has 0 bridgehead atoms. The molecule has 0 aromatic heterocycles. The van der Waals surface area contributed by atoms with Crippen molar-refractivity contribution in [3.8, 4) is 0 Å². The van der Waals surface area contributed by atoms with Gasteiger partial charge < -0.3 is 14.8 Å². The van der Waals surface area contributed by atoms with E-state index in [0.29, 0.717) is 5.76 Å². The van der Waals surface area contributed by atoms with Crippen LogP contribution in [-0.4, -0.2) is 25.5 Å². The summed E-state index contributed by atoms with van der Waals surface area (Å²) in [5.41, 5.74) is 2.30. The van der Waals surface area contributed by atoms with Crippen LogP contribution in [0.3, 0.4) is 0 Å². The Kier molecular flexibility index (Phi) is 5.27. The third kappa shape index (κ3) is 5.20. The molecule has 1 aliphatic carbocycles. The molecule has 17 heavy (non-hydrogen) atoms. The van der Waals surface area contributed by atoms with Gasteiger partial charge in [-0.05, 0) is 30.5 Å². The largest absolute Gasteiger partial charge is 0.512 e. The molecule has 1 saturated carbocycles. The number of anilines is 1. The van der Waals surface area contributed by atoms with Crippen molar-refractivity contribution in [2.75, 3.05) is 19.0 Å². The fourth-order valence-corrected chi connectivity index (χ4v) is 1.30. The van der Waals surface area contributed by atoms with Crippen molar-refractivity contribution in [3.63, 3.8) is 0 Å². The normalized spacial score (nSPS) is 12.2. The van der Waals surface area contributed by atoms with Crippen molar-refractivity contribution >= 4 is 12.0 Å². The second kappa shape index (κ2) is 6.74. The van der Waals surface area contributed by atoms with Gasteiger partial charge in [-0.15, -0.1) is 0 Å². The van der Waals surface area contributed by atoms with E-state index in [1.807, 2.05) is 32.3 Å². The van der Waals surface area contributed by atoms with Crippen LogP contribution in [0.5, 0.6) is 0 Å². The zero-order valence-electron chi connectivity index (χ0n) is 10.4. The van der Waals surface area contributed by atoms with Gasteiger partial charge in [-0.2, -0.15) is 0 Å². The first-order valence-electron chi connectivity index (χ1n) is 5.71. The zero-order valence-corrected chi connectivity index (χ0v) is 10.4. The van der Waals surface area contributed by atoms with Crippen molar-refractivity contribution in [1.29, 1.82) is 0 Å². The number of aliphatic hydroxyl groups is 1. The number of benzene rings is 1. The second-order valence-electron chi connectivity index (χ2n) is 4.15. The minimum absolute atomic E-state index is 0.204. The number of hydrogen-bond acceptors (Lipinski definition) is 3. The highest BCUT2D eigenvalue weighted by atomic mass is 16.3. The molecule has 1 aromatic rings. The smallest absolute Gasteiger partial charge is 0.127 e. The Morgan fingerprint density at radius 3 is 2.24 bits per heavy atom. The number of aldehydes is 1. The molecule has 1 N–H and O–H groups in total. The van der Waals surface area contributed by atoms with Crippen LogP contribution in [0.2, 0.25) is 0 Å². The highest BCUT2D eigenvalue weighted by molar-refractivity contribution is 5.54. The Hall–Kier alpha value is -1.77.